The summed E-state index contributed by atoms with van der Waals surface area (Å²) in [5.41, 5.74) is -0.412. The van der Waals surface area contributed by atoms with Crippen LogP contribution in [0.5, 0.6) is 0 Å². The summed E-state index contributed by atoms with van der Waals surface area (Å²) >= 11 is 0. The molecule has 0 saturated carbocycles. The Morgan fingerprint density at radius 3 is 2.38 bits per heavy atom. The molecular weight excluding hydrogens is 268 g/mol. The second kappa shape index (κ2) is 8.17. The van der Waals surface area contributed by atoms with Gasteiger partial charge in [0.25, 0.3) is 5.56 Å². The van der Waals surface area contributed by atoms with E-state index < -0.39 is 0 Å². The van der Waals surface area contributed by atoms with Crippen LogP contribution in [-0.4, -0.2) is 21.8 Å². The molecule has 0 spiro atoms. The highest BCUT2D eigenvalue weighted by Crippen LogP contribution is 2.18. The van der Waals surface area contributed by atoms with E-state index in [4.69, 9.17) is 4.74 Å². The van der Waals surface area contributed by atoms with Gasteiger partial charge in [0, 0.05) is 25.9 Å². The zero-order valence-corrected chi connectivity index (χ0v) is 12.9. The molecule has 5 heteroatoms. The number of nitrogens with zero attached hydrogens (tertiary/aromatic N) is 2. The van der Waals surface area contributed by atoms with E-state index in [0.717, 1.165) is 19.4 Å². The first-order chi connectivity index (χ1) is 10.2. The molecule has 2 rings (SSSR count). The summed E-state index contributed by atoms with van der Waals surface area (Å²) in [4.78, 5) is 23.4. The number of aryl methyl sites for hydroxylation is 1. The SMILES string of the molecule is Cn1ccc(=O)n(CCCCCCCCCC2CO2)c1=O. The molecule has 1 aliphatic rings. The highest BCUT2D eigenvalue weighted by atomic mass is 16.6. The Morgan fingerprint density at radius 2 is 1.71 bits per heavy atom. The summed E-state index contributed by atoms with van der Waals surface area (Å²) in [6.07, 6.45) is 11.6. The van der Waals surface area contributed by atoms with E-state index in [0.29, 0.717) is 12.6 Å². The molecule has 0 amide bonds. The van der Waals surface area contributed by atoms with Gasteiger partial charge in [0.1, 0.15) is 0 Å². The lowest BCUT2D eigenvalue weighted by Gasteiger charge is -2.06. The molecule has 21 heavy (non-hydrogen) atoms. The highest BCUT2D eigenvalue weighted by Gasteiger charge is 2.20. The van der Waals surface area contributed by atoms with Crippen LogP contribution in [0.25, 0.3) is 0 Å². The van der Waals surface area contributed by atoms with E-state index in [2.05, 4.69) is 0 Å². The van der Waals surface area contributed by atoms with Crippen LogP contribution in [0.2, 0.25) is 0 Å². The minimum atomic E-state index is -0.218. The molecule has 1 aliphatic heterocycles. The van der Waals surface area contributed by atoms with Crippen LogP contribution in [0.3, 0.4) is 0 Å². The van der Waals surface area contributed by atoms with E-state index in [1.165, 1.54) is 59.9 Å². The van der Waals surface area contributed by atoms with Crippen molar-refractivity contribution in [1.29, 1.82) is 0 Å². The summed E-state index contributed by atoms with van der Waals surface area (Å²) in [5.74, 6) is 0. The van der Waals surface area contributed by atoms with E-state index in [1.807, 2.05) is 0 Å². The van der Waals surface area contributed by atoms with Crippen LogP contribution in [0.15, 0.2) is 21.9 Å². The number of rotatable bonds is 10. The predicted octanol–water partition coefficient (Wildman–Crippen LogP) is 2.07. The zero-order valence-electron chi connectivity index (χ0n) is 12.9. The normalized spacial score (nSPS) is 17.1. The lowest BCUT2D eigenvalue weighted by atomic mass is 10.1. The number of hydrogen-bond acceptors (Lipinski definition) is 3. The number of aromatic nitrogens is 2. The smallest absolute Gasteiger partial charge is 0.330 e. The Kier molecular flexibility index (Phi) is 6.23. The summed E-state index contributed by atoms with van der Waals surface area (Å²) in [6.45, 7) is 1.50. The van der Waals surface area contributed by atoms with Gasteiger partial charge in [-0.15, -0.1) is 0 Å². The van der Waals surface area contributed by atoms with Crippen LogP contribution < -0.4 is 11.2 Å². The van der Waals surface area contributed by atoms with Gasteiger partial charge < -0.3 is 9.30 Å². The fraction of sp³-hybridized carbons (Fsp3) is 0.750. The predicted molar refractivity (Wildman–Crippen MR) is 82.6 cm³/mol. The Morgan fingerprint density at radius 1 is 1.10 bits per heavy atom. The molecule has 5 nitrogen and oxygen atoms in total. The van der Waals surface area contributed by atoms with Gasteiger partial charge >= 0.3 is 5.69 Å². The molecule has 1 aromatic rings. The standard InChI is InChI=1S/C16H26N2O3/c1-17-12-10-15(19)18(16(17)20)11-8-6-4-2-3-5-7-9-14-13-21-14/h10,12,14H,2-9,11,13H2,1H3. The van der Waals surface area contributed by atoms with Crippen molar-refractivity contribution in [1.82, 2.24) is 9.13 Å². The first kappa shape index (κ1) is 16.0. The average molecular weight is 294 g/mol. The van der Waals surface area contributed by atoms with Crippen molar-refractivity contribution in [2.75, 3.05) is 6.61 Å². The van der Waals surface area contributed by atoms with Crippen molar-refractivity contribution in [2.45, 2.75) is 64.0 Å². The lowest BCUT2D eigenvalue weighted by Crippen LogP contribution is -2.37. The van der Waals surface area contributed by atoms with Gasteiger partial charge in [-0.3, -0.25) is 9.36 Å². The van der Waals surface area contributed by atoms with Gasteiger partial charge in [-0.1, -0.05) is 38.5 Å². The Hall–Kier alpha value is -1.36. The first-order valence-electron chi connectivity index (χ1n) is 8.06. The molecular formula is C16H26N2O3. The average Bonchev–Trinajstić information content (AvgIpc) is 3.28. The summed E-state index contributed by atoms with van der Waals surface area (Å²) in [7, 11) is 1.67. The molecule has 2 heterocycles. The largest absolute Gasteiger partial charge is 0.373 e. The van der Waals surface area contributed by atoms with E-state index >= 15 is 0 Å². The molecule has 1 aromatic heterocycles. The number of ether oxygens (including phenoxy) is 1. The highest BCUT2D eigenvalue weighted by molar-refractivity contribution is 4.85. The molecule has 0 aromatic carbocycles. The molecule has 1 atom stereocenters. The van der Waals surface area contributed by atoms with Gasteiger partial charge in [-0.25, -0.2) is 4.79 Å². The monoisotopic (exact) mass is 294 g/mol. The van der Waals surface area contributed by atoms with Crippen LogP contribution in [0, 0.1) is 0 Å². The molecule has 1 fully saturated rings. The van der Waals surface area contributed by atoms with Crippen LogP contribution >= 0.6 is 0 Å². The fourth-order valence-electron chi connectivity index (χ4n) is 2.58. The topological polar surface area (TPSA) is 56.5 Å². The maximum Gasteiger partial charge on any atom is 0.330 e. The molecule has 1 unspecified atom stereocenters. The van der Waals surface area contributed by atoms with Crippen molar-refractivity contribution in [3.8, 4) is 0 Å². The molecule has 0 N–H and O–H groups in total. The molecule has 0 bridgehead atoms. The number of hydrogen-bond donors (Lipinski definition) is 0. The Balaban J connectivity index is 1.54. The second-order valence-electron chi connectivity index (χ2n) is 5.92. The third kappa shape index (κ3) is 5.50. The zero-order chi connectivity index (χ0) is 15.1. The van der Waals surface area contributed by atoms with Crippen LogP contribution in [-0.2, 0) is 18.3 Å². The fourth-order valence-corrected chi connectivity index (χ4v) is 2.58. The molecule has 1 saturated heterocycles. The molecule has 0 aliphatic carbocycles. The van der Waals surface area contributed by atoms with Gasteiger partial charge in [-0.05, 0) is 12.8 Å². The Labute approximate surface area is 125 Å². The summed E-state index contributed by atoms with van der Waals surface area (Å²) in [5, 5.41) is 0. The third-order valence-electron chi connectivity index (χ3n) is 4.05. The van der Waals surface area contributed by atoms with Gasteiger partial charge in [-0.2, -0.15) is 0 Å². The van der Waals surface area contributed by atoms with Crippen molar-refractivity contribution >= 4 is 0 Å². The van der Waals surface area contributed by atoms with Crippen molar-refractivity contribution in [3.05, 3.63) is 33.1 Å². The van der Waals surface area contributed by atoms with Crippen LogP contribution in [0.4, 0.5) is 0 Å². The van der Waals surface area contributed by atoms with E-state index in [1.54, 1.807) is 7.05 Å². The quantitative estimate of drug-likeness (QED) is 0.490. The minimum absolute atomic E-state index is 0.194. The van der Waals surface area contributed by atoms with E-state index in [-0.39, 0.29) is 11.2 Å². The van der Waals surface area contributed by atoms with Crippen molar-refractivity contribution < 1.29 is 4.74 Å². The summed E-state index contributed by atoms with van der Waals surface area (Å²) < 4.78 is 7.96. The second-order valence-corrected chi connectivity index (χ2v) is 5.92. The minimum Gasteiger partial charge on any atom is -0.373 e. The van der Waals surface area contributed by atoms with Crippen molar-refractivity contribution in [3.63, 3.8) is 0 Å². The van der Waals surface area contributed by atoms with Gasteiger partial charge in [0.05, 0.1) is 12.7 Å². The number of unbranched alkanes of at least 4 members (excludes halogenated alkanes) is 6. The van der Waals surface area contributed by atoms with Crippen molar-refractivity contribution in [2.24, 2.45) is 7.05 Å². The van der Waals surface area contributed by atoms with Crippen LogP contribution in [0.1, 0.15) is 51.4 Å². The van der Waals surface area contributed by atoms with Gasteiger partial charge in [0.2, 0.25) is 0 Å². The molecule has 0 radical (unpaired) electrons. The lowest BCUT2D eigenvalue weighted by molar-refractivity contribution is 0.387. The maximum absolute atomic E-state index is 11.8. The van der Waals surface area contributed by atoms with Gasteiger partial charge in [0.15, 0.2) is 0 Å². The summed E-state index contributed by atoms with van der Waals surface area (Å²) in [6, 6.07) is 1.45. The third-order valence-corrected chi connectivity index (χ3v) is 4.05. The Bertz CT molecular complexity index is 543. The maximum atomic E-state index is 11.8. The molecule has 118 valence electrons. The first-order valence-corrected chi connectivity index (χ1v) is 8.06. The van der Waals surface area contributed by atoms with E-state index in [9.17, 15) is 9.59 Å². The number of epoxide rings is 1.